The predicted molar refractivity (Wildman–Crippen MR) is 270 cm³/mol. The first-order valence-corrected chi connectivity index (χ1v) is 29.0. The molecule has 1 aromatic rings. The summed E-state index contributed by atoms with van der Waals surface area (Å²) in [6.45, 7) is 25.0. The van der Waals surface area contributed by atoms with E-state index in [0.29, 0.717) is 45.1 Å². The van der Waals surface area contributed by atoms with Crippen LogP contribution in [-0.2, 0) is 58.6 Å². The molecule has 2 bridgehead atoms. The van der Waals surface area contributed by atoms with E-state index in [0.717, 1.165) is 35.5 Å². The number of aromatic amines is 1. The molecular formula is C54H89N3O12Si. The molecule has 70 heavy (non-hydrogen) atoms. The second kappa shape index (κ2) is 24.8. The van der Waals surface area contributed by atoms with Gasteiger partial charge in [-0.2, -0.15) is 0 Å². The maximum atomic E-state index is 15.0. The number of aryl methyl sites for hydroxylation is 1. The Kier molecular flexibility index (Phi) is 20.4. The number of esters is 1. The topological polar surface area (TPSA) is 185 Å². The van der Waals surface area contributed by atoms with Gasteiger partial charge in [-0.1, -0.05) is 66.2 Å². The number of methoxy groups -OCH3 is 3. The highest BCUT2D eigenvalue weighted by Gasteiger charge is 2.57. The maximum absolute atomic E-state index is 15.0. The minimum atomic E-state index is -2.54. The monoisotopic (exact) mass is 1000 g/mol. The molecule has 3 aliphatic heterocycles. The molecule has 14 unspecified atom stereocenters. The average molecular weight is 1000 g/mol. The lowest BCUT2D eigenvalue weighted by Crippen LogP contribution is -2.64. The number of ether oxygens (including phenoxy) is 6. The summed E-state index contributed by atoms with van der Waals surface area (Å²) in [5.41, 5.74) is 2.75. The van der Waals surface area contributed by atoms with E-state index < -0.39 is 80.2 Å². The highest BCUT2D eigenvalue weighted by molar-refractivity contribution is 6.74. The van der Waals surface area contributed by atoms with Crippen molar-refractivity contribution in [3.63, 3.8) is 0 Å². The Balaban J connectivity index is 1.58. The number of H-pyrrole nitrogens is 1. The van der Waals surface area contributed by atoms with Crippen molar-refractivity contribution in [2.45, 2.75) is 219 Å². The molecule has 396 valence electrons. The zero-order valence-corrected chi connectivity index (χ0v) is 46.3. The molecular weight excluding hydrogens is 911 g/mol. The number of imidazole rings is 1. The molecule has 4 heterocycles. The molecule has 1 aliphatic carbocycles. The van der Waals surface area contributed by atoms with E-state index in [-0.39, 0.29) is 66.6 Å². The minimum absolute atomic E-state index is 0.0454. The first-order valence-electron chi connectivity index (χ1n) is 26.1. The van der Waals surface area contributed by atoms with E-state index in [2.05, 4.69) is 62.9 Å². The van der Waals surface area contributed by atoms with Gasteiger partial charge < -0.3 is 47.8 Å². The van der Waals surface area contributed by atoms with Crippen molar-refractivity contribution in [1.29, 1.82) is 0 Å². The van der Waals surface area contributed by atoms with E-state index >= 15 is 0 Å². The summed E-state index contributed by atoms with van der Waals surface area (Å²) in [7, 11) is 2.27. The largest absolute Gasteiger partial charge is 0.456 e. The number of aliphatic hydroxyl groups is 1. The van der Waals surface area contributed by atoms with E-state index in [1.54, 1.807) is 28.3 Å². The number of cyclic esters (lactones) is 1. The Morgan fingerprint density at radius 1 is 0.929 bits per heavy atom. The van der Waals surface area contributed by atoms with Gasteiger partial charge in [-0.25, -0.2) is 9.78 Å². The highest BCUT2D eigenvalue weighted by atomic mass is 28.4. The lowest BCUT2D eigenvalue weighted by Gasteiger charge is -2.47. The van der Waals surface area contributed by atoms with E-state index in [1.807, 2.05) is 40.8 Å². The van der Waals surface area contributed by atoms with Crippen LogP contribution in [0.25, 0.3) is 0 Å². The Hall–Kier alpha value is -3.09. The molecule has 2 N–H and O–H groups in total. The molecule has 1 amide bonds. The Bertz CT molecular complexity index is 2000. The third-order valence-electron chi connectivity index (χ3n) is 16.3. The van der Waals surface area contributed by atoms with Gasteiger partial charge in [-0.15, -0.1) is 0 Å². The summed E-state index contributed by atoms with van der Waals surface area (Å²) in [5, 5.41) is 12.1. The number of rotatable bonds is 11. The van der Waals surface area contributed by atoms with Crippen LogP contribution < -0.4 is 0 Å². The smallest absolute Gasteiger partial charge is 0.329 e. The molecule has 1 saturated carbocycles. The SMILES string of the molecule is CCC1/C=C(\C)CC(C)CC(OC)C2OC(O)(C(=O)C(=O)N3CCCCC3C(=O)OC(C(C)=CC3CCC(OCc4nc(C)c[nH]4)C(OC)C3)C(C)C(O[Si](C)(C)C(C)(C)C)CC1=O)C(C)CC2OC. The molecule has 3 fully saturated rings. The van der Waals surface area contributed by atoms with Crippen molar-refractivity contribution in [3.8, 4) is 0 Å². The number of hydrogen-bond donors (Lipinski definition) is 2. The van der Waals surface area contributed by atoms with Gasteiger partial charge in [0.1, 0.15) is 36.5 Å². The number of hydrogen-bond acceptors (Lipinski definition) is 13. The van der Waals surface area contributed by atoms with Crippen molar-refractivity contribution in [2.24, 2.45) is 29.6 Å². The van der Waals surface area contributed by atoms with Crippen LogP contribution in [0, 0.1) is 36.5 Å². The average Bonchev–Trinajstić information content (AvgIpc) is 3.74. The second-order valence-electron chi connectivity index (χ2n) is 22.8. The molecule has 0 spiro atoms. The first-order chi connectivity index (χ1) is 32.9. The van der Waals surface area contributed by atoms with Crippen molar-refractivity contribution < 1.29 is 57.1 Å². The van der Waals surface area contributed by atoms with Crippen LogP contribution in [0.4, 0.5) is 0 Å². The van der Waals surface area contributed by atoms with Crippen molar-refractivity contribution in [3.05, 3.63) is 41.0 Å². The van der Waals surface area contributed by atoms with Gasteiger partial charge in [0, 0.05) is 58.2 Å². The fraction of sp³-hybridized carbons (Fsp3) is 0.796. The third-order valence-corrected chi connectivity index (χ3v) is 20.8. The summed E-state index contributed by atoms with van der Waals surface area (Å²) in [6.07, 6.45) is 7.98. The van der Waals surface area contributed by atoms with E-state index in [1.165, 1.54) is 4.90 Å². The van der Waals surface area contributed by atoms with Crippen molar-refractivity contribution in [1.82, 2.24) is 14.9 Å². The van der Waals surface area contributed by atoms with E-state index in [4.69, 9.17) is 32.8 Å². The van der Waals surface area contributed by atoms with Crippen LogP contribution in [0.2, 0.25) is 18.1 Å². The number of carbonyl (C=O) groups is 4. The maximum Gasteiger partial charge on any atom is 0.329 e. The number of aromatic nitrogens is 2. The zero-order valence-electron chi connectivity index (χ0n) is 45.3. The normalized spacial score (nSPS) is 36.2. The summed E-state index contributed by atoms with van der Waals surface area (Å²) in [4.78, 5) is 67.8. The first kappa shape index (κ1) is 57.8. The molecule has 2 saturated heterocycles. The van der Waals surface area contributed by atoms with Gasteiger partial charge in [0.25, 0.3) is 11.7 Å². The third kappa shape index (κ3) is 13.9. The molecule has 0 radical (unpaired) electrons. The standard InChI is InChI=1S/C54H89N3O12Si/c1-16-39-24-32(2)23-33(3)25-45(64-12)49-46(65-13)27-35(5)54(62,68-49)50(59)51(60)57-22-18-17-19-40(57)52(61)67-48(37(7)43(29-41(39)58)69-70(14,15)53(8,9)10)34(4)26-38-20-21-42(44(28-38)63-11)66-31-47-55-30-36(6)56-47/h24,26,30,33,35,37-40,42-46,48-49,62H,16-23,25,27-29,31H2,1-15H3,(H,55,56)/b32-24+,34-26?. The van der Waals surface area contributed by atoms with Gasteiger partial charge in [0.05, 0.1) is 36.2 Å². The molecule has 0 aromatic carbocycles. The Morgan fingerprint density at radius 3 is 2.21 bits per heavy atom. The van der Waals surface area contributed by atoms with Gasteiger partial charge in [-0.3, -0.25) is 14.4 Å². The zero-order chi connectivity index (χ0) is 51.9. The number of allylic oxidation sites excluding steroid dienone is 3. The number of fused-ring (bicyclic) bond motifs is 3. The lowest BCUT2D eigenvalue weighted by atomic mass is 9.81. The predicted octanol–water partition coefficient (Wildman–Crippen LogP) is 8.76. The van der Waals surface area contributed by atoms with Crippen molar-refractivity contribution in [2.75, 3.05) is 27.9 Å². The molecule has 15 nitrogen and oxygen atoms in total. The van der Waals surface area contributed by atoms with Crippen LogP contribution in [0.1, 0.15) is 144 Å². The number of nitrogens with zero attached hydrogens (tertiary/aromatic N) is 2. The molecule has 16 heteroatoms. The number of amides is 1. The number of piperidine rings is 1. The summed E-state index contributed by atoms with van der Waals surface area (Å²) >= 11 is 0. The lowest BCUT2D eigenvalue weighted by molar-refractivity contribution is -0.302. The van der Waals surface area contributed by atoms with Crippen molar-refractivity contribution >= 4 is 31.8 Å². The number of nitrogens with one attached hydrogen (secondary N) is 1. The fourth-order valence-electron chi connectivity index (χ4n) is 11.0. The van der Waals surface area contributed by atoms with Crippen LogP contribution in [0.15, 0.2) is 29.5 Å². The fourth-order valence-corrected chi connectivity index (χ4v) is 12.4. The van der Waals surface area contributed by atoms with Gasteiger partial charge >= 0.3 is 5.97 Å². The van der Waals surface area contributed by atoms with Crippen LogP contribution in [0.5, 0.6) is 0 Å². The highest BCUT2D eigenvalue weighted by Crippen LogP contribution is 2.42. The summed E-state index contributed by atoms with van der Waals surface area (Å²) in [5.74, 6) is -6.08. The number of ketones is 2. The minimum Gasteiger partial charge on any atom is -0.456 e. The summed E-state index contributed by atoms with van der Waals surface area (Å²) < 4.78 is 44.6. The Labute approximate surface area is 420 Å². The quantitative estimate of drug-likeness (QED) is 0.0929. The second-order valence-corrected chi connectivity index (χ2v) is 27.5. The van der Waals surface area contributed by atoms with Gasteiger partial charge in [0.15, 0.2) is 8.32 Å². The number of carbonyl (C=O) groups excluding carboxylic acids is 4. The number of Topliss-reactive ketones (excluding diaryl/α,β-unsaturated/α-hetero) is 2. The van der Waals surface area contributed by atoms with Gasteiger partial charge in [0.2, 0.25) is 5.79 Å². The molecule has 14 atom stereocenters. The molecule has 1 aromatic heterocycles. The summed E-state index contributed by atoms with van der Waals surface area (Å²) in [6, 6.07) is -1.11. The molecule has 5 rings (SSSR count). The Morgan fingerprint density at radius 2 is 1.60 bits per heavy atom. The molecule has 4 aliphatic rings. The van der Waals surface area contributed by atoms with E-state index in [9.17, 15) is 24.3 Å². The van der Waals surface area contributed by atoms with Crippen LogP contribution in [0.3, 0.4) is 0 Å². The van der Waals surface area contributed by atoms with Gasteiger partial charge in [-0.05, 0) is 121 Å². The van der Waals surface area contributed by atoms with Crippen LogP contribution in [-0.4, -0.2) is 134 Å². The van der Waals surface area contributed by atoms with Crippen LogP contribution >= 0.6 is 0 Å².